The highest BCUT2D eigenvalue weighted by Crippen LogP contribution is 2.25. The number of amides is 1. The second-order valence-corrected chi connectivity index (χ2v) is 5.73. The molecule has 2 rings (SSSR count). The molecule has 4 heteroatoms. The Bertz CT molecular complexity index is 575. The van der Waals surface area contributed by atoms with E-state index in [0.29, 0.717) is 18.2 Å². The van der Waals surface area contributed by atoms with Gasteiger partial charge in [0.15, 0.2) is 0 Å². The minimum atomic E-state index is -0.0209. The van der Waals surface area contributed by atoms with Crippen LogP contribution in [0.5, 0.6) is 0 Å². The smallest absolute Gasteiger partial charge is 0.252 e. The Morgan fingerprint density at radius 2 is 2.16 bits per heavy atom. The highest BCUT2D eigenvalue weighted by molar-refractivity contribution is 7.10. The quantitative estimate of drug-likeness (QED) is 0.840. The predicted molar refractivity (Wildman–Crippen MR) is 80.4 cm³/mol. The van der Waals surface area contributed by atoms with Crippen molar-refractivity contribution < 1.29 is 4.79 Å². The molecular formula is C15H18N2OS. The lowest BCUT2D eigenvalue weighted by Crippen LogP contribution is -2.23. The van der Waals surface area contributed by atoms with E-state index in [4.69, 9.17) is 5.73 Å². The molecule has 0 fully saturated rings. The van der Waals surface area contributed by atoms with Gasteiger partial charge >= 0.3 is 0 Å². The Morgan fingerprint density at radius 1 is 1.37 bits per heavy atom. The average Bonchev–Trinajstić information content (AvgIpc) is 2.85. The monoisotopic (exact) mass is 274 g/mol. The summed E-state index contributed by atoms with van der Waals surface area (Å²) in [6.07, 6.45) is 0. The molecular weight excluding hydrogens is 256 g/mol. The van der Waals surface area contributed by atoms with Crippen LogP contribution >= 0.6 is 11.3 Å². The van der Waals surface area contributed by atoms with Crippen molar-refractivity contribution in [1.29, 1.82) is 0 Å². The van der Waals surface area contributed by atoms with Crippen molar-refractivity contribution in [3.05, 3.63) is 51.7 Å². The Morgan fingerprint density at radius 3 is 2.84 bits per heavy atom. The molecule has 1 aromatic carbocycles. The number of nitrogen functional groups attached to an aromatic ring is 1. The van der Waals surface area contributed by atoms with Gasteiger partial charge in [-0.05, 0) is 35.1 Å². The maximum absolute atomic E-state index is 12.2. The number of hydrogen-bond donors (Lipinski definition) is 2. The molecule has 0 aliphatic heterocycles. The van der Waals surface area contributed by atoms with Crippen molar-refractivity contribution in [2.24, 2.45) is 0 Å². The summed E-state index contributed by atoms with van der Waals surface area (Å²) in [5, 5.41) is 4.90. The summed E-state index contributed by atoms with van der Waals surface area (Å²) >= 11 is 1.63. The highest BCUT2D eigenvalue weighted by atomic mass is 32.1. The third-order valence-corrected chi connectivity index (χ3v) is 4.09. The fraction of sp³-hybridized carbons (Fsp3) is 0.267. The number of hydrogen-bond acceptors (Lipinski definition) is 3. The second-order valence-electron chi connectivity index (χ2n) is 4.78. The van der Waals surface area contributed by atoms with E-state index < -0.39 is 0 Å². The fourth-order valence-corrected chi connectivity index (χ4v) is 2.85. The predicted octanol–water partition coefficient (Wildman–Crippen LogP) is 3.38. The molecule has 0 aliphatic rings. The third-order valence-electron chi connectivity index (χ3n) is 2.87. The fourth-order valence-electron chi connectivity index (χ4n) is 1.94. The summed E-state index contributed by atoms with van der Waals surface area (Å²) in [5.41, 5.74) is 8.22. The second kappa shape index (κ2) is 5.89. The zero-order valence-corrected chi connectivity index (χ0v) is 12.0. The van der Waals surface area contributed by atoms with Crippen molar-refractivity contribution in [3.63, 3.8) is 0 Å². The van der Waals surface area contributed by atoms with Crippen molar-refractivity contribution in [2.45, 2.75) is 26.3 Å². The lowest BCUT2D eigenvalue weighted by atomic mass is 10.1. The molecule has 3 nitrogen and oxygen atoms in total. The summed E-state index contributed by atoms with van der Waals surface area (Å²) in [5.74, 6) is 0.348. The van der Waals surface area contributed by atoms with Crippen LogP contribution in [0.2, 0.25) is 0 Å². The molecule has 0 spiro atoms. The van der Waals surface area contributed by atoms with E-state index in [2.05, 4.69) is 19.2 Å². The number of thiophene rings is 1. The van der Waals surface area contributed by atoms with Gasteiger partial charge < -0.3 is 11.1 Å². The van der Waals surface area contributed by atoms with Crippen LogP contribution in [0.1, 0.15) is 40.6 Å². The minimum absolute atomic E-state index is 0.0209. The lowest BCUT2D eigenvalue weighted by molar-refractivity contribution is 0.0950. The molecule has 3 N–H and O–H groups in total. The molecule has 0 unspecified atom stereocenters. The Balaban J connectivity index is 2.03. The zero-order valence-electron chi connectivity index (χ0n) is 11.1. The number of carbonyl (C=O) groups is 1. The van der Waals surface area contributed by atoms with Gasteiger partial charge in [-0.1, -0.05) is 26.0 Å². The Kier molecular flexibility index (Phi) is 4.22. The number of nitrogens with one attached hydrogen (secondary N) is 1. The molecule has 2 aromatic rings. The van der Waals surface area contributed by atoms with Crippen LogP contribution in [-0.2, 0) is 6.54 Å². The first-order valence-electron chi connectivity index (χ1n) is 6.28. The zero-order chi connectivity index (χ0) is 13.8. The average molecular weight is 274 g/mol. The van der Waals surface area contributed by atoms with Crippen LogP contribution in [0.3, 0.4) is 0 Å². The first-order chi connectivity index (χ1) is 9.08. The van der Waals surface area contributed by atoms with Gasteiger partial charge in [0.1, 0.15) is 0 Å². The van der Waals surface area contributed by atoms with Crippen LogP contribution in [0.15, 0.2) is 35.7 Å². The maximum atomic E-state index is 12.2. The SMILES string of the molecule is CC(C)c1sccc1C(=O)NCc1cccc(N)c1. The van der Waals surface area contributed by atoms with Crippen LogP contribution in [-0.4, -0.2) is 5.91 Å². The minimum Gasteiger partial charge on any atom is -0.399 e. The van der Waals surface area contributed by atoms with E-state index in [1.807, 2.05) is 35.7 Å². The number of anilines is 1. The van der Waals surface area contributed by atoms with Gasteiger partial charge in [0.2, 0.25) is 0 Å². The van der Waals surface area contributed by atoms with Crippen LogP contribution in [0.4, 0.5) is 5.69 Å². The Labute approximate surface area is 117 Å². The van der Waals surface area contributed by atoms with Gasteiger partial charge in [0.05, 0.1) is 5.56 Å². The Hall–Kier alpha value is -1.81. The molecule has 19 heavy (non-hydrogen) atoms. The first kappa shape index (κ1) is 13.6. The summed E-state index contributed by atoms with van der Waals surface area (Å²) in [4.78, 5) is 13.3. The van der Waals surface area contributed by atoms with Gasteiger partial charge in [-0.15, -0.1) is 11.3 Å². The molecule has 100 valence electrons. The van der Waals surface area contributed by atoms with E-state index in [1.54, 1.807) is 11.3 Å². The third kappa shape index (κ3) is 3.35. The largest absolute Gasteiger partial charge is 0.399 e. The molecule has 1 heterocycles. The molecule has 0 saturated heterocycles. The van der Waals surface area contributed by atoms with E-state index in [0.717, 1.165) is 16.0 Å². The van der Waals surface area contributed by atoms with Gasteiger partial charge in [-0.25, -0.2) is 0 Å². The van der Waals surface area contributed by atoms with Gasteiger partial charge in [-0.3, -0.25) is 4.79 Å². The van der Waals surface area contributed by atoms with E-state index in [1.165, 1.54) is 0 Å². The number of carbonyl (C=O) groups excluding carboxylic acids is 1. The van der Waals surface area contributed by atoms with Crippen LogP contribution in [0.25, 0.3) is 0 Å². The lowest BCUT2D eigenvalue weighted by Gasteiger charge is -2.08. The van der Waals surface area contributed by atoms with Crippen molar-refractivity contribution in [2.75, 3.05) is 5.73 Å². The van der Waals surface area contributed by atoms with Crippen LogP contribution < -0.4 is 11.1 Å². The van der Waals surface area contributed by atoms with Crippen molar-refractivity contribution in [3.8, 4) is 0 Å². The van der Waals surface area contributed by atoms with Crippen molar-refractivity contribution in [1.82, 2.24) is 5.32 Å². The number of rotatable bonds is 4. The number of benzene rings is 1. The normalized spacial score (nSPS) is 10.7. The van der Waals surface area contributed by atoms with Gasteiger partial charge in [0.25, 0.3) is 5.91 Å². The molecule has 1 aromatic heterocycles. The molecule has 0 atom stereocenters. The first-order valence-corrected chi connectivity index (χ1v) is 7.16. The molecule has 0 aliphatic carbocycles. The van der Waals surface area contributed by atoms with Crippen molar-refractivity contribution >= 4 is 22.9 Å². The molecule has 0 saturated carbocycles. The topological polar surface area (TPSA) is 55.1 Å². The standard InChI is InChI=1S/C15H18N2OS/c1-10(2)14-13(6-7-19-14)15(18)17-9-11-4-3-5-12(16)8-11/h3-8,10H,9,16H2,1-2H3,(H,17,18). The van der Waals surface area contributed by atoms with Crippen LogP contribution in [0, 0.1) is 0 Å². The summed E-state index contributed by atoms with van der Waals surface area (Å²) in [6, 6.07) is 9.43. The summed E-state index contributed by atoms with van der Waals surface area (Å²) < 4.78 is 0. The molecule has 0 radical (unpaired) electrons. The van der Waals surface area contributed by atoms with E-state index in [9.17, 15) is 4.79 Å². The summed E-state index contributed by atoms with van der Waals surface area (Å²) in [7, 11) is 0. The molecule has 0 bridgehead atoms. The van der Waals surface area contributed by atoms with Gasteiger partial charge in [0, 0.05) is 17.1 Å². The summed E-state index contributed by atoms with van der Waals surface area (Å²) in [6.45, 7) is 4.69. The maximum Gasteiger partial charge on any atom is 0.252 e. The van der Waals surface area contributed by atoms with E-state index >= 15 is 0 Å². The van der Waals surface area contributed by atoms with Gasteiger partial charge in [-0.2, -0.15) is 0 Å². The number of nitrogens with two attached hydrogens (primary N) is 1. The highest BCUT2D eigenvalue weighted by Gasteiger charge is 2.14. The molecule has 1 amide bonds. The van der Waals surface area contributed by atoms with E-state index in [-0.39, 0.29) is 5.91 Å².